The summed E-state index contributed by atoms with van der Waals surface area (Å²) in [4.78, 5) is 15.8. The quantitative estimate of drug-likeness (QED) is 0.723. The first-order valence-corrected chi connectivity index (χ1v) is 5.83. The van der Waals surface area contributed by atoms with Crippen LogP contribution >= 0.6 is 23.2 Å². The number of ether oxygens (including phenoxy) is 2. The van der Waals surface area contributed by atoms with Crippen LogP contribution in [0.1, 0.15) is 0 Å². The number of hydrogen-bond donors (Lipinski definition) is 0. The van der Waals surface area contributed by atoms with E-state index >= 15 is 0 Å². The van der Waals surface area contributed by atoms with Gasteiger partial charge in [-0.1, -0.05) is 11.6 Å². The lowest BCUT2D eigenvalue weighted by Gasteiger charge is -2.27. The van der Waals surface area contributed by atoms with Crippen molar-refractivity contribution in [1.82, 2.24) is 9.55 Å². The minimum Gasteiger partial charge on any atom is -0.341 e. The highest BCUT2D eigenvalue weighted by Crippen LogP contribution is 2.46. The number of carbonyl (C=O) groups is 1. The molecular weight excluding hydrogens is 267 g/mol. The molecule has 0 radical (unpaired) electrons. The molecular formula is C10H8Cl2N2O3. The Morgan fingerprint density at radius 1 is 1.47 bits per heavy atom. The van der Waals surface area contributed by atoms with Gasteiger partial charge < -0.3 is 14.0 Å². The summed E-state index contributed by atoms with van der Waals surface area (Å²) < 4.78 is 12.6. The van der Waals surface area contributed by atoms with E-state index in [1.54, 1.807) is 17.0 Å². The van der Waals surface area contributed by atoms with Crippen LogP contribution in [-0.2, 0) is 14.3 Å². The van der Waals surface area contributed by atoms with Gasteiger partial charge in [0.1, 0.15) is 10.7 Å². The van der Waals surface area contributed by atoms with Crippen LogP contribution in [0, 0.1) is 0 Å². The summed E-state index contributed by atoms with van der Waals surface area (Å²) in [6.45, 7) is 0.748. The van der Waals surface area contributed by atoms with Crippen LogP contribution in [-0.4, -0.2) is 39.7 Å². The van der Waals surface area contributed by atoms with Crippen LogP contribution in [0.4, 0.5) is 0 Å². The van der Waals surface area contributed by atoms with Gasteiger partial charge in [0.15, 0.2) is 11.2 Å². The first-order valence-electron chi connectivity index (χ1n) is 5.01. The Bertz CT molecular complexity index is 492. The van der Waals surface area contributed by atoms with E-state index in [0.29, 0.717) is 18.9 Å². The molecule has 7 heteroatoms. The molecule has 1 unspecified atom stereocenters. The Morgan fingerprint density at radius 2 is 2.18 bits per heavy atom. The summed E-state index contributed by atoms with van der Waals surface area (Å²) in [5.74, 6) is -1.67. The Hall–Kier alpha value is -0.880. The number of Topliss-reactive ketones (excluding diaryl/α,β-unsaturated/α-hetero) is 1. The van der Waals surface area contributed by atoms with Crippen molar-refractivity contribution in [2.24, 2.45) is 0 Å². The molecule has 1 aromatic heterocycles. The predicted octanol–water partition coefficient (Wildman–Crippen LogP) is 1.22. The van der Waals surface area contributed by atoms with Crippen molar-refractivity contribution in [2.45, 2.75) is 11.2 Å². The highest BCUT2D eigenvalue weighted by molar-refractivity contribution is 6.53. The third kappa shape index (κ3) is 1.40. The van der Waals surface area contributed by atoms with E-state index in [1.165, 1.54) is 6.33 Å². The van der Waals surface area contributed by atoms with Gasteiger partial charge in [0.2, 0.25) is 5.79 Å². The maximum absolute atomic E-state index is 11.9. The van der Waals surface area contributed by atoms with Crippen LogP contribution in [0.25, 0.3) is 5.70 Å². The molecule has 1 aliphatic carbocycles. The summed E-state index contributed by atoms with van der Waals surface area (Å²) in [6.07, 6.45) is 4.76. The van der Waals surface area contributed by atoms with E-state index in [-0.39, 0.29) is 10.8 Å². The topological polar surface area (TPSA) is 53.4 Å². The number of carbonyl (C=O) groups excluding carboxylic acids is 1. The number of ketones is 1. The van der Waals surface area contributed by atoms with Crippen LogP contribution in [0.2, 0.25) is 0 Å². The third-order valence-corrected chi connectivity index (χ3v) is 3.65. The van der Waals surface area contributed by atoms with Gasteiger partial charge in [-0.15, -0.1) is 11.6 Å². The van der Waals surface area contributed by atoms with Crippen molar-refractivity contribution in [2.75, 3.05) is 13.2 Å². The van der Waals surface area contributed by atoms with Crippen LogP contribution in [0.15, 0.2) is 23.8 Å². The fraction of sp³-hybridized carbons (Fsp3) is 0.400. The molecule has 0 aromatic carbocycles. The van der Waals surface area contributed by atoms with E-state index in [2.05, 4.69) is 4.98 Å². The molecule has 5 nitrogen and oxygen atoms in total. The van der Waals surface area contributed by atoms with E-state index in [4.69, 9.17) is 32.7 Å². The molecule has 2 heterocycles. The SMILES string of the molecule is O=C1C(Cl)=C(n2ccnc2)C2(OCCO2)C1Cl. The van der Waals surface area contributed by atoms with E-state index < -0.39 is 11.2 Å². The summed E-state index contributed by atoms with van der Waals surface area (Å²) in [5.41, 5.74) is 0.402. The Balaban J connectivity index is 2.17. The molecule has 0 bridgehead atoms. The van der Waals surface area contributed by atoms with Gasteiger partial charge in [-0.2, -0.15) is 0 Å². The van der Waals surface area contributed by atoms with Crippen molar-refractivity contribution >= 4 is 34.7 Å². The van der Waals surface area contributed by atoms with Crippen LogP contribution in [0.3, 0.4) is 0 Å². The molecule has 1 saturated heterocycles. The van der Waals surface area contributed by atoms with Gasteiger partial charge in [-0.3, -0.25) is 4.79 Å². The second kappa shape index (κ2) is 3.81. The van der Waals surface area contributed by atoms with Crippen molar-refractivity contribution in [1.29, 1.82) is 0 Å². The van der Waals surface area contributed by atoms with Crippen molar-refractivity contribution in [3.8, 4) is 0 Å². The van der Waals surface area contributed by atoms with E-state index in [9.17, 15) is 4.79 Å². The van der Waals surface area contributed by atoms with Crippen LogP contribution in [0.5, 0.6) is 0 Å². The fourth-order valence-corrected chi connectivity index (χ4v) is 2.80. The van der Waals surface area contributed by atoms with E-state index in [0.717, 1.165) is 0 Å². The molecule has 90 valence electrons. The second-order valence-electron chi connectivity index (χ2n) is 3.72. The lowest BCUT2D eigenvalue weighted by atomic mass is 10.2. The molecule has 1 fully saturated rings. The molecule has 17 heavy (non-hydrogen) atoms. The monoisotopic (exact) mass is 274 g/mol. The normalized spacial score (nSPS) is 27.4. The van der Waals surface area contributed by atoms with E-state index in [1.807, 2.05) is 0 Å². The highest BCUT2D eigenvalue weighted by atomic mass is 35.5. The highest BCUT2D eigenvalue weighted by Gasteiger charge is 2.58. The number of halogens is 2. The summed E-state index contributed by atoms with van der Waals surface area (Å²) >= 11 is 12.1. The zero-order chi connectivity index (χ0) is 12.0. The van der Waals surface area contributed by atoms with Crippen molar-refractivity contribution in [3.05, 3.63) is 23.8 Å². The minimum absolute atomic E-state index is 0.0323. The molecule has 1 aromatic rings. The second-order valence-corrected chi connectivity index (χ2v) is 4.54. The third-order valence-electron chi connectivity index (χ3n) is 2.80. The average molecular weight is 275 g/mol. The fourth-order valence-electron chi connectivity index (χ4n) is 2.07. The lowest BCUT2D eigenvalue weighted by Crippen LogP contribution is -2.41. The smallest absolute Gasteiger partial charge is 0.237 e. The van der Waals surface area contributed by atoms with Crippen molar-refractivity contribution in [3.63, 3.8) is 0 Å². The van der Waals surface area contributed by atoms with Gasteiger partial charge in [0, 0.05) is 12.4 Å². The molecule has 0 N–H and O–H groups in total. The number of aromatic nitrogens is 2. The average Bonchev–Trinajstić information content (AvgIpc) is 3.01. The number of hydrogen-bond acceptors (Lipinski definition) is 4. The first kappa shape index (κ1) is 11.2. The van der Waals surface area contributed by atoms with Gasteiger partial charge in [0.05, 0.1) is 19.5 Å². The largest absolute Gasteiger partial charge is 0.341 e. The van der Waals surface area contributed by atoms with Gasteiger partial charge in [0.25, 0.3) is 0 Å². The lowest BCUT2D eigenvalue weighted by molar-refractivity contribution is -0.131. The maximum atomic E-state index is 11.9. The van der Waals surface area contributed by atoms with Gasteiger partial charge in [-0.25, -0.2) is 4.98 Å². The molecule has 0 amide bonds. The number of allylic oxidation sites excluding steroid dienone is 1. The molecule has 3 rings (SSSR count). The molecule has 1 aliphatic heterocycles. The first-order chi connectivity index (χ1) is 8.17. The molecule has 1 atom stereocenters. The standard InChI is InChI=1S/C10H8Cl2N2O3/c11-6-7(15)8(12)10(16-3-4-17-10)9(6)14-2-1-13-5-14/h1-2,5,8H,3-4H2. The maximum Gasteiger partial charge on any atom is 0.237 e. The minimum atomic E-state index is -1.28. The summed E-state index contributed by atoms with van der Waals surface area (Å²) in [7, 11) is 0. The summed E-state index contributed by atoms with van der Waals surface area (Å²) in [6, 6.07) is 0. The van der Waals surface area contributed by atoms with Crippen LogP contribution < -0.4 is 0 Å². The molecule has 1 spiro atoms. The number of rotatable bonds is 1. The van der Waals surface area contributed by atoms with Gasteiger partial charge >= 0.3 is 0 Å². The zero-order valence-electron chi connectivity index (χ0n) is 8.60. The Kier molecular flexibility index (Phi) is 2.52. The predicted molar refractivity (Wildman–Crippen MR) is 60.6 cm³/mol. The van der Waals surface area contributed by atoms with Gasteiger partial charge in [-0.05, 0) is 0 Å². The number of imidazole rings is 1. The number of alkyl halides is 1. The zero-order valence-corrected chi connectivity index (χ0v) is 10.1. The summed E-state index contributed by atoms with van der Waals surface area (Å²) in [5, 5.41) is -0.931. The molecule has 0 saturated carbocycles. The Labute approximate surface area is 107 Å². The number of nitrogens with zero attached hydrogens (tertiary/aromatic N) is 2. The van der Waals surface area contributed by atoms with Crippen molar-refractivity contribution < 1.29 is 14.3 Å². The Morgan fingerprint density at radius 3 is 2.76 bits per heavy atom. The molecule has 2 aliphatic rings.